The molecule has 0 radical (unpaired) electrons. The molecule has 1 aromatic carbocycles. The van der Waals surface area contributed by atoms with Gasteiger partial charge in [0.15, 0.2) is 0 Å². The maximum absolute atomic E-state index is 12.1. The Bertz CT molecular complexity index is 395. The number of halogens is 1. The van der Waals surface area contributed by atoms with Crippen LogP contribution in [0.3, 0.4) is 0 Å². The van der Waals surface area contributed by atoms with Crippen LogP contribution >= 0.6 is 11.6 Å². The molecule has 4 heteroatoms. The van der Waals surface area contributed by atoms with E-state index in [1.54, 1.807) is 12.0 Å². The Morgan fingerprint density at radius 2 is 2.16 bits per heavy atom. The number of rotatable bonds is 8. The first-order valence-corrected chi connectivity index (χ1v) is 7.09. The van der Waals surface area contributed by atoms with E-state index in [9.17, 15) is 4.79 Å². The van der Waals surface area contributed by atoms with Crippen LogP contribution in [0.5, 0.6) is 0 Å². The highest BCUT2D eigenvalue weighted by Gasteiger charge is 2.12. The molecule has 0 unspecified atom stereocenters. The first-order chi connectivity index (χ1) is 9.17. The zero-order valence-corrected chi connectivity index (χ0v) is 12.4. The lowest BCUT2D eigenvalue weighted by atomic mass is 10.1. The zero-order chi connectivity index (χ0) is 14.1. The molecule has 0 N–H and O–H groups in total. The van der Waals surface area contributed by atoms with E-state index in [2.05, 4.69) is 25.1 Å². The maximum Gasteiger partial charge on any atom is 0.223 e. The summed E-state index contributed by atoms with van der Waals surface area (Å²) in [5.74, 6) is 0.596. The van der Waals surface area contributed by atoms with Crippen LogP contribution in [0, 0.1) is 6.92 Å². The lowest BCUT2D eigenvalue weighted by molar-refractivity contribution is -0.131. The molecule has 0 aliphatic carbocycles. The average molecular weight is 284 g/mol. The predicted octanol–water partition coefficient (Wildman–Crippen LogP) is 2.64. The van der Waals surface area contributed by atoms with Gasteiger partial charge in [-0.2, -0.15) is 0 Å². The highest BCUT2D eigenvalue weighted by Crippen LogP contribution is 2.08. The number of amides is 1. The molecule has 0 saturated heterocycles. The monoisotopic (exact) mass is 283 g/mol. The largest absolute Gasteiger partial charge is 0.383 e. The number of methoxy groups -OCH3 is 1. The van der Waals surface area contributed by atoms with Crippen molar-refractivity contribution in [1.82, 2.24) is 4.90 Å². The number of carbonyl (C=O) groups is 1. The van der Waals surface area contributed by atoms with Gasteiger partial charge in [0.05, 0.1) is 6.61 Å². The van der Waals surface area contributed by atoms with Crippen LogP contribution in [0.25, 0.3) is 0 Å². The second kappa shape index (κ2) is 8.94. The molecular formula is C15H22ClNO2. The van der Waals surface area contributed by atoms with E-state index >= 15 is 0 Å². The molecule has 0 saturated carbocycles. The Hall–Kier alpha value is -1.06. The van der Waals surface area contributed by atoms with Crippen molar-refractivity contribution in [1.29, 1.82) is 0 Å². The van der Waals surface area contributed by atoms with Crippen molar-refractivity contribution in [3.63, 3.8) is 0 Å². The quantitative estimate of drug-likeness (QED) is 0.687. The standard InChI is InChI=1S/C15H22ClNO2/c1-13-4-3-5-14(12-13)6-7-15(18)17(9-8-16)10-11-19-2/h3-5,12H,6-11H2,1-2H3. The van der Waals surface area contributed by atoms with Gasteiger partial charge in [0, 0.05) is 32.5 Å². The number of hydrogen-bond donors (Lipinski definition) is 0. The fourth-order valence-corrected chi connectivity index (χ4v) is 2.15. The summed E-state index contributed by atoms with van der Waals surface area (Å²) in [4.78, 5) is 13.9. The third kappa shape index (κ3) is 6.08. The SMILES string of the molecule is COCCN(CCCl)C(=O)CCc1cccc(C)c1. The van der Waals surface area contributed by atoms with Crippen LogP contribution in [-0.4, -0.2) is 43.5 Å². The molecule has 0 aromatic heterocycles. The summed E-state index contributed by atoms with van der Waals surface area (Å²) in [6.45, 7) is 3.80. The second-order valence-corrected chi connectivity index (χ2v) is 4.93. The van der Waals surface area contributed by atoms with Gasteiger partial charge in [-0.25, -0.2) is 0 Å². The third-order valence-electron chi connectivity index (χ3n) is 2.98. The van der Waals surface area contributed by atoms with Crippen LogP contribution < -0.4 is 0 Å². The summed E-state index contributed by atoms with van der Waals surface area (Å²) in [5.41, 5.74) is 2.42. The van der Waals surface area contributed by atoms with Gasteiger partial charge in [-0.05, 0) is 18.9 Å². The van der Waals surface area contributed by atoms with Gasteiger partial charge in [-0.3, -0.25) is 4.79 Å². The van der Waals surface area contributed by atoms with Crippen molar-refractivity contribution in [2.75, 3.05) is 32.7 Å². The van der Waals surface area contributed by atoms with E-state index in [1.165, 1.54) is 11.1 Å². The van der Waals surface area contributed by atoms with Crippen LogP contribution in [0.1, 0.15) is 17.5 Å². The molecule has 1 amide bonds. The van der Waals surface area contributed by atoms with Crippen LogP contribution in [-0.2, 0) is 16.0 Å². The van der Waals surface area contributed by atoms with Gasteiger partial charge in [0.2, 0.25) is 5.91 Å². The highest BCUT2D eigenvalue weighted by molar-refractivity contribution is 6.18. The molecule has 0 fully saturated rings. The fraction of sp³-hybridized carbons (Fsp3) is 0.533. The minimum Gasteiger partial charge on any atom is -0.383 e. The summed E-state index contributed by atoms with van der Waals surface area (Å²) in [7, 11) is 1.64. The first kappa shape index (κ1) is 16.0. The van der Waals surface area contributed by atoms with Gasteiger partial charge in [0.1, 0.15) is 0 Å². The summed E-state index contributed by atoms with van der Waals surface area (Å²) < 4.78 is 5.01. The molecule has 0 bridgehead atoms. The first-order valence-electron chi connectivity index (χ1n) is 6.55. The smallest absolute Gasteiger partial charge is 0.223 e. The van der Waals surface area contributed by atoms with Gasteiger partial charge < -0.3 is 9.64 Å². The molecule has 0 aliphatic rings. The van der Waals surface area contributed by atoms with Crippen molar-refractivity contribution >= 4 is 17.5 Å². The number of ether oxygens (including phenoxy) is 1. The van der Waals surface area contributed by atoms with E-state index in [-0.39, 0.29) is 5.91 Å². The molecule has 19 heavy (non-hydrogen) atoms. The Labute approximate surface area is 120 Å². The van der Waals surface area contributed by atoms with Crippen LogP contribution in [0.15, 0.2) is 24.3 Å². The molecule has 3 nitrogen and oxygen atoms in total. The number of alkyl halides is 1. The molecule has 0 spiro atoms. The third-order valence-corrected chi connectivity index (χ3v) is 3.15. The fourth-order valence-electron chi connectivity index (χ4n) is 1.94. The Kier molecular flexibility index (Phi) is 7.53. The summed E-state index contributed by atoms with van der Waals surface area (Å²) >= 11 is 5.72. The van der Waals surface area contributed by atoms with Gasteiger partial charge >= 0.3 is 0 Å². The van der Waals surface area contributed by atoms with Crippen molar-refractivity contribution in [2.24, 2.45) is 0 Å². The molecule has 1 rings (SSSR count). The second-order valence-electron chi connectivity index (χ2n) is 4.55. The van der Waals surface area contributed by atoms with Crippen LogP contribution in [0.2, 0.25) is 0 Å². The van der Waals surface area contributed by atoms with E-state index in [0.29, 0.717) is 32.0 Å². The number of nitrogens with zero attached hydrogens (tertiary/aromatic N) is 1. The van der Waals surface area contributed by atoms with E-state index in [1.807, 2.05) is 6.07 Å². The van der Waals surface area contributed by atoms with Crippen LogP contribution in [0.4, 0.5) is 0 Å². The normalized spacial score (nSPS) is 10.5. The van der Waals surface area contributed by atoms with E-state index in [0.717, 1.165) is 6.42 Å². The zero-order valence-electron chi connectivity index (χ0n) is 11.7. The number of hydrogen-bond acceptors (Lipinski definition) is 2. The molecule has 0 atom stereocenters. The number of aryl methyl sites for hydroxylation is 2. The summed E-state index contributed by atoms with van der Waals surface area (Å²) in [6.07, 6.45) is 1.29. The van der Waals surface area contributed by atoms with Crippen molar-refractivity contribution in [3.05, 3.63) is 35.4 Å². The van der Waals surface area contributed by atoms with Gasteiger partial charge in [-0.1, -0.05) is 29.8 Å². The molecule has 0 aliphatic heterocycles. The van der Waals surface area contributed by atoms with Crippen molar-refractivity contribution < 1.29 is 9.53 Å². The van der Waals surface area contributed by atoms with E-state index < -0.39 is 0 Å². The minimum absolute atomic E-state index is 0.138. The lowest BCUT2D eigenvalue weighted by Gasteiger charge is -2.21. The van der Waals surface area contributed by atoms with Crippen molar-refractivity contribution in [3.8, 4) is 0 Å². The van der Waals surface area contributed by atoms with Crippen molar-refractivity contribution in [2.45, 2.75) is 19.8 Å². The summed E-state index contributed by atoms with van der Waals surface area (Å²) in [6, 6.07) is 8.26. The Balaban J connectivity index is 2.47. The molecule has 106 valence electrons. The highest BCUT2D eigenvalue weighted by atomic mass is 35.5. The average Bonchev–Trinajstić information content (AvgIpc) is 2.41. The lowest BCUT2D eigenvalue weighted by Crippen LogP contribution is -2.35. The number of carbonyl (C=O) groups excluding carboxylic acids is 1. The molecule has 1 aromatic rings. The van der Waals surface area contributed by atoms with Gasteiger partial charge in [-0.15, -0.1) is 11.6 Å². The molecule has 0 heterocycles. The Morgan fingerprint density at radius 3 is 2.79 bits per heavy atom. The Morgan fingerprint density at radius 1 is 1.37 bits per heavy atom. The predicted molar refractivity (Wildman–Crippen MR) is 78.7 cm³/mol. The van der Waals surface area contributed by atoms with E-state index in [4.69, 9.17) is 16.3 Å². The molecular weight excluding hydrogens is 262 g/mol. The van der Waals surface area contributed by atoms with Gasteiger partial charge in [0.25, 0.3) is 0 Å². The number of benzene rings is 1. The topological polar surface area (TPSA) is 29.5 Å². The maximum atomic E-state index is 12.1. The summed E-state index contributed by atoms with van der Waals surface area (Å²) in [5, 5.41) is 0. The minimum atomic E-state index is 0.138.